The van der Waals surface area contributed by atoms with Crippen molar-refractivity contribution in [2.75, 3.05) is 0 Å². The summed E-state index contributed by atoms with van der Waals surface area (Å²) in [7, 11) is 0. The number of nitrogens with zero attached hydrogens (tertiary/aromatic N) is 6. The first-order valence-corrected chi connectivity index (χ1v) is 8.55. The van der Waals surface area contributed by atoms with Crippen molar-refractivity contribution in [2.45, 2.75) is 13.0 Å². The Hall–Kier alpha value is -2.94. The fourth-order valence-electron chi connectivity index (χ4n) is 2.40. The first-order chi connectivity index (χ1) is 12.7. The lowest BCUT2D eigenvalue weighted by molar-refractivity contribution is 0.445. The van der Waals surface area contributed by atoms with Crippen LogP contribution >= 0.6 is 15.9 Å². The van der Waals surface area contributed by atoms with E-state index >= 15 is 0 Å². The third kappa shape index (κ3) is 3.67. The van der Waals surface area contributed by atoms with Gasteiger partial charge in [-0.15, -0.1) is 20.4 Å². The molecule has 26 heavy (non-hydrogen) atoms. The highest BCUT2D eigenvalue weighted by Gasteiger charge is 2.12. The van der Waals surface area contributed by atoms with E-state index in [2.05, 4.69) is 41.5 Å². The Bertz CT molecular complexity index is 1050. The lowest BCUT2D eigenvalue weighted by Crippen LogP contribution is -2.04. The van der Waals surface area contributed by atoms with Gasteiger partial charge in [0.25, 0.3) is 0 Å². The van der Waals surface area contributed by atoms with Gasteiger partial charge in [-0.05, 0) is 35.0 Å². The molecule has 2 heterocycles. The molecule has 0 N–H and O–H groups in total. The summed E-state index contributed by atoms with van der Waals surface area (Å²) in [5.74, 6) is 0.779. The molecule has 0 amide bonds. The highest BCUT2D eigenvalue weighted by molar-refractivity contribution is 9.10. The molecular formula is C17H12BrFN6O. The summed E-state index contributed by atoms with van der Waals surface area (Å²) >= 11 is 3.50. The molecule has 0 radical (unpaired) electrons. The van der Waals surface area contributed by atoms with Crippen LogP contribution in [0.5, 0.6) is 0 Å². The molecule has 9 heteroatoms. The van der Waals surface area contributed by atoms with Gasteiger partial charge in [-0.1, -0.05) is 40.2 Å². The Morgan fingerprint density at radius 2 is 1.92 bits per heavy atom. The second-order valence-electron chi connectivity index (χ2n) is 5.52. The molecule has 0 spiro atoms. The van der Waals surface area contributed by atoms with Crippen LogP contribution in [0.4, 0.5) is 4.39 Å². The van der Waals surface area contributed by atoms with E-state index in [9.17, 15) is 4.39 Å². The number of halogens is 2. The van der Waals surface area contributed by atoms with E-state index in [0.717, 1.165) is 10.0 Å². The Balaban J connectivity index is 1.47. The first kappa shape index (κ1) is 16.5. The number of hydrogen-bond acceptors (Lipinski definition) is 6. The van der Waals surface area contributed by atoms with Gasteiger partial charge < -0.3 is 4.42 Å². The molecule has 0 fully saturated rings. The number of benzene rings is 2. The largest absolute Gasteiger partial charge is 0.419 e. The number of rotatable bonds is 5. The Labute approximate surface area is 156 Å². The van der Waals surface area contributed by atoms with Crippen LogP contribution < -0.4 is 0 Å². The smallest absolute Gasteiger partial charge is 0.247 e. The summed E-state index contributed by atoms with van der Waals surface area (Å²) in [6.07, 6.45) is 0.555. The Kier molecular flexibility index (Phi) is 4.53. The molecule has 0 atom stereocenters. The van der Waals surface area contributed by atoms with Crippen molar-refractivity contribution in [3.05, 3.63) is 76.1 Å². The topological polar surface area (TPSA) is 82.5 Å². The standard InChI is InChI=1S/C17H12BrFN6O/c18-14-7-2-1-4-11(14)9-15-20-24-25(23-15)10-16-21-22-17(26-16)12-5-3-6-13(19)8-12/h1-8H,9-10H2. The van der Waals surface area contributed by atoms with Crippen LogP contribution in [0.3, 0.4) is 0 Å². The summed E-state index contributed by atoms with van der Waals surface area (Å²) in [6, 6.07) is 13.8. The van der Waals surface area contributed by atoms with E-state index in [1.54, 1.807) is 12.1 Å². The molecule has 0 aliphatic carbocycles. The minimum Gasteiger partial charge on any atom is -0.419 e. The van der Waals surface area contributed by atoms with E-state index < -0.39 is 0 Å². The number of tetrazole rings is 1. The van der Waals surface area contributed by atoms with Gasteiger partial charge in [-0.2, -0.15) is 4.80 Å². The van der Waals surface area contributed by atoms with Crippen molar-refractivity contribution in [3.8, 4) is 11.5 Å². The maximum Gasteiger partial charge on any atom is 0.247 e. The average molecular weight is 415 g/mol. The third-order valence-corrected chi connectivity index (χ3v) is 4.39. The molecule has 4 rings (SSSR count). The van der Waals surface area contributed by atoms with Crippen LogP contribution in [0.2, 0.25) is 0 Å². The molecule has 2 aromatic carbocycles. The normalized spacial score (nSPS) is 11.0. The molecule has 0 saturated carbocycles. The van der Waals surface area contributed by atoms with Crippen LogP contribution in [0, 0.1) is 5.82 Å². The predicted molar refractivity (Wildman–Crippen MR) is 93.6 cm³/mol. The first-order valence-electron chi connectivity index (χ1n) is 7.76. The summed E-state index contributed by atoms with van der Waals surface area (Å²) in [6.45, 7) is 0.186. The lowest BCUT2D eigenvalue weighted by Gasteiger charge is -1.99. The van der Waals surface area contributed by atoms with Gasteiger partial charge in [0.15, 0.2) is 5.82 Å². The van der Waals surface area contributed by atoms with Crippen molar-refractivity contribution in [1.82, 2.24) is 30.4 Å². The SMILES string of the molecule is Fc1cccc(-c2nnc(Cn3nnc(Cc4ccccc4Br)n3)o2)c1. The molecule has 0 aliphatic heterocycles. The second kappa shape index (κ2) is 7.12. The maximum atomic E-state index is 13.3. The van der Waals surface area contributed by atoms with Crippen LogP contribution in [0.15, 0.2) is 57.4 Å². The number of hydrogen-bond donors (Lipinski definition) is 0. The average Bonchev–Trinajstić information content (AvgIpc) is 3.27. The Morgan fingerprint density at radius 1 is 1.04 bits per heavy atom. The fourth-order valence-corrected chi connectivity index (χ4v) is 2.83. The van der Waals surface area contributed by atoms with Gasteiger partial charge in [-0.25, -0.2) is 4.39 Å². The van der Waals surface area contributed by atoms with Crippen molar-refractivity contribution >= 4 is 15.9 Å². The highest BCUT2D eigenvalue weighted by Crippen LogP contribution is 2.19. The summed E-state index contributed by atoms with van der Waals surface area (Å²) in [4.78, 5) is 1.38. The summed E-state index contributed by atoms with van der Waals surface area (Å²) in [5, 5.41) is 20.3. The summed E-state index contributed by atoms with van der Waals surface area (Å²) < 4.78 is 19.8. The van der Waals surface area contributed by atoms with Crippen molar-refractivity contribution < 1.29 is 8.81 Å². The predicted octanol–water partition coefficient (Wildman–Crippen LogP) is 3.26. The molecular weight excluding hydrogens is 403 g/mol. The van der Waals surface area contributed by atoms with Crippen molar-refractivity contribution in [1.29, 1.82) is 0 Å². The lowest BCUT2D eigenvalue weighted by atomic mass is 10.1. The minimum absolute atomic E-state index is 0.186. The van der Waals surface area contributed by atoms with Crippen molar-refractivity contribution in [3.63, 3.8) is 0 Å². The molecule has 7 nitrogen and oxygen atoms in total. The maximum absolute atomic E-state index is 13.3. The van der Waals surface area contributed by atoms with Gasteiger partial charge >= 0.3 is 0 Å². The zero-order valence-corrected chi connectivity index (χ0v) is 15.0. The van der Waals surface area contributed by atoms with Gasteiger partial charge in [0.1, 0.15) is 12.4 Å². The van der Waals surface area contributed by atoms with Crippen LogP contribution in [-0.2, 0) is 13.0 Å². The van der Waals surface area contributed by atoms with Gasteiger partial charge in [0.05, 0.1) is 0 Å². The van der Waals surface area contributed by atoms with Gasteiger partial charge in [0.2, 0.25) is 11.8 Å². The van der Waals surface area contributed by atoms with Gasteiger partial charge in [-0.3, -0.25) is 0 Å². The quantitative estimate of drug-likeness (QED) is 0.498. The minimum atomic E-state index is -0.364. The van der Waals surface area contributed by atoms with Crippen LogP contribution in [0.25, 0.3) is 11.5 Å². The molecule has 4 aromatic rings. The second-order valence-corrected chi connectivity index (χ2v) is 6.37. The highest BCUT2D eigenvalue weighted by atomic mass is 79.9. The number of aromatic nitrogens is 6. The van der Waals surface area contributed by atoms with E-state index in [-0.39, 0.29) is 18.3 Å². The van der Waals surface area contributed by atoms with E-state index in [4.69, 9.17) is 4.42 Å². The molecule has 0 bridgehead atoms. The Morgan fingerprint density at radius 3 is 2.77 bits per heavy atom. The van der Waals surface area contributed by atoms with E-state index in [1.807, 2.05) is 24.3 Å². The molecule has 2 aromatic heterocycles. The van der Waals surface area contributed by atoms with Crippen molar-refractivity contribution in [2.24, 2.45) is 0 Å². The molecule has 130 valence electrons. The monoisotopic (exact) mass is 414 g/mol. The van der Waals surface area contributed by atoms with Crippen LogP contribution in [0.1, 0.15) is 17.3 Å². The zero-order chi connectivity index (χ0) is 17.9. The molecule has 0 saturated heterocycles. The summed E-state index contributed by atoms with van der Waals surface area (Å²) in [5.41, 5.74) is 1.59. The van der Waals surface area contributed by atoms with E-state index in [1.165, 1.54) is 16.9 Å². The zero-order valence-electron chi connectivity index (χ0n) is 13.4. The molecule has 0 unspecified atom stereocenters. The molecule has 0 aliphatic rings. The fraction of sp³-hybridized carbons (Fsp3) is 0.118. The van der Waals surface area contributed by atoms with E-state index in [0.29, 0.717) is 23.7 Å². The third-order valence-electron chi connectivity index (χ3n) is 3.62. The van der Waals surface area contributed by atoms with Gasteiger partial charge in [0, 0.05) is 16.5 Å². The van der Waals surface area contributed by atoms with Crippen LogP contribution in [-0.4, -0.2) is 30.4 Å².